The zero-order chi connectivity index (χ0) is 20.4. The number of hydrogen-bond acceptors (Lipinski definition) is 7. The minimum absolute atomic E-state index is 0.00415. The maximum atomic E-state index is 11.3. The molecule has 0 spiro atoms. The lowest BCUT2D eigenvalue weighted by atomic mass is 9.89. The van der Waals surface area contributed by atoms with Gasteiger partial charge in [-0.05, 0) is 65.7 Å². The Morgan fingerprint density at radius 3 is 2.00 bits per heavy atom. The van der Waals surface area contributed by atoms with Crippen LogP contribution in [0.2, 0.25) is 0 Å². The van der Waals surface area contributed by atoms with E-state index in [9.17, 15) is 16.8 Å². The molecule has 2 rings (SSSR count). The van der Waals surface area contributed by atoms with E-state index in [1.165, 1.54) is 0 Å². The van der Waals surface area contributed by atoms with Crippen molar-refractivity contribution in [1.29, 1.82) is 0 Å². The highest BCUT2D eigenvalue weighted by molar-refractivity contribution is 9.10. The van der Waals surface area contributed by atoms with E-state index in [2.05, 4.69) is 15.9 Å². The standard InChI is InChI=1S/C17H23BrO7S2/c1-11-12(2)25-17-15(18)6-5-14(16(11)17)13(7-9-23-26(3,19)20)8-10-24-27(4,21)22/h5-6,13H,7-10H2,1-4H3. The molecule has 0 saturated heterocycles. The largest absolute Gasteiger partial charge is 0.460 e. The lowest BCUT2D eigenvalue weighted by molar-refractivity contribution is 0.272. The van der Waals surface area contributed by atoms with Crippen molar-refractivity contribution in [1.82, 2.24) is 0 Å². The molecule has 0 aliphatic heterocycles. The number of halogens is 1. The summed E-state index contributed by atoms with van der Waals surface area (Å²) < 4.78 is 61.5. The van der Waals surface area contributed by atoms with Gasteiger partial charge in [-0.15, -0.1) is 0 Å². The van der Waals surface area contributed by atoms with Crippen molar-refractivity contribution in [2.45, 2.75) is 32.6 Å². The minimum atomic E-state index is -3.55. The summed E-state index contributed by atoms with van der Waals surface area (Å²) >= 11 is 3.48. The first-order valence-corrected chi connectivity index (χ1v) is 12.7. The van der Waals surface area contributed by atoms with Crippen molar-refractivity contribution in [3.05, 3.63) is 33.5 Å². The van der Waals surface area contributed by atoms with Crippen LogP contribution >= 0.6 is 15.9 Å². The van der Waals surface area contributed by atoms with Gasteiger partial charge in [-0.3, -0.25) is 8.37 Å². The van der Waals surface area contributed by atoms with Gasteiger partial charge in [0, 0.05) is 5.39 Å². The molecule has 0 saturated carbocycles. The number of aryl methyl sites for hydroxylation is 2. The molecule has 10 heteroatoms. The van der Waals surface area contributed by atoms with E-state index in [4.69, 9.17) is 12.8 Å². The summed E-state index contributed by atoms with van der Waals surface area (Å²) in [5, 5.41) is 0.936. The third-order valence-corrected chi connectivity index (χ3v) is 6.08. The van der Waals surface area contributed by atoms with Crippen LogP contribution in [0, 0.1) is 13.8 Å². The number of rotatable bonds is 9. The minimum Gasteiger partial charge on any atom is -0.460 e. The second-order valence-corrected chi connectivity index (χ2v) is 10.6. The van der Waals surface area contributed by atoms with E-state index in [1.54, 1.807) is 0 Å². The van der Waals surface area contributed by atoms with Crippen LogP contribution in [-0.4, -0.2) is 42.6 Å². The molecule has 0 aliphatic rings. The van der Waals surface area contributed by atoms with E-state index >= 15 is 0 Å². The molecular formula is C17H23BrO7S2. The Morgan fingerprint density at radius 1 is 1.00 bits per heavy atom. The lowest BCUT2D eigenvalue weighted by Crippen LogP contribution is -2.12. The fourth-order valence-electron chi connectivity index (χ4n) is 2.94. The van der Waals surface area contributed by atoms with Gasteiger partial charge in [0.2, 0.25) is 0 Å². The fourth-order valence-corrected chi connectivity index (χ4v) is 4.15. The fraction of sp³-hybridized carbons (Fsp3) is 0.529. The topological polar surface area (TPSA) is 99.9 Å². The van der Waals surface area contributed by atoms with Crippen molar-refractivity contribution >= 4 is 47.1 Å². The van der Waals surface area contributed by atoms with E-state index in [1.807, 2.05) is 26.0 Å². The van der Waals surface area contributed by atoms with E-state index in [0.29, 0.717) is 18.4 Å². The smallest absolute Gasteiger partial charge is 0.264 e. The average molecular weight is 483 g/mol. The predicted octanol–water partition coefficient (Wildman–Crippen LogP) is 3.63. The zero-order valence-electron chi connectivity index (χ0n) is 15.6. The Labute approximate surface area is 168 Å². The Hall–Kier alpha value is -0.940. The molecule has 2 aromatic rings. The molecule has 0 bridgehead atoms. The molecule has 0 aliphatic carbocycles. The molecular weight excluding hydrogens is 460 g/mol. The van der Waals surface area contributed by atoms with Crippen LogP contribution in [0.4, 0.5) is 0 Å². The molecule has 0 radical (unpaired) electrons. The van der Waals surface area contributed by atoms with Crippen molar-refractivity contribution in [3.8, 4) is 0 Å². The van der Waals surface area contributed by atoms with Gasteiger partial charge < -0.3 is 4.42 Å². The van der Waals surface area contributed by atoms with Gasteiger partial charge in [0.25, 0.3) is 20.2 Å². The highest BCUT2D eigenvalue weighted by atomic mass is 79.9. The molecule has 0 fully saturated rings. The Balaban J connectivity index is 2.36. The highest BCUT2D eigenvalue weighted by Crippen LogP contribution is 2.38. The van der Waals surface area contributed by atoms with Crippen molar-refractivity contribution in [2.75, 3.05) is 25.7 Å². The summed E-state index contributed by atoms with van der Waals surface area (Å²) in [4.78, 5) is 0. The molecule has 152 valence electrons. The second kappa shape index (κ2) is 8.60. The number of hydrogen-bond donors (Lipinski definition) is 0. The van der Waals surface area contributed by atoms with E-state index in [0.717, 1.165) is 39.3 Å². The third kappa shape index (κ3) is 6.28. The normalized spacial score (nSPS) is 13.0. The quantitative estimate of drug-likeness (QED) is 0.502. The molecule has 0 amide bonds. The monoisotopic (exact) mass is 482 g/mol. The first-order chi connectivity index (χ1) is 12.4. The summed E-state index contributed by atoms with van der Waals surface area (Å²) in [5.74, 6) is 0.622. The summed E-state index contributed by atoms with van der Waals surface area (Å²) in [6, 6.07) is 3.79. The highest BCUT2D eigenvalue weighted by Gasteiger charge is 2.21. The molecule has 0 atom stereocenters. The van der Waals surface area contributed by atoms with E-state index < -0.39 is 20.2 Å². The summed E-state index contributed by atoms with van der Waals surface area (Å²) in [6.07, 6.45) is 2.77. The number of furan rings is 1. The van der Waals surface area contributed by atoms with Crippen molar-refractivity contribution in [3.63, 3.8) is 0 Å². The predicted molar refractivity (Wildman–Crippen MR) is 107 cm³/mol. The van der Waals surface area contributed by atoms with Crippen molar-refractivity contribution in [2.24, 2.45) is 0 Å². The SMILES string of the molecule is Cc1oc2c(Br)ccc(C(CCOS(C)(=O)=O)CCOS(C)(=O)=O)c2c1C. The molecule has 7 nitrogen and oxygen atoms in total. The maximum Gasteiger partial charge on any atom is 0.264 e. The first kappa shape index (κ1) is 22.4. The zero-order valence-corrected chi connectivity index (χ0v) is 18.8. The Kier molecular flexibility index (Phi) is 7.12. The van der Waals surface area contributed by atoms with Gasteiger partial charge in [0.1, 0.15) is 11.3 Å². The van der Waals surface area contributed by atoms with Crippen molar-refractivity contribution < 1.29 is 29.6 Å². The van der Waals surface area contributed by atoms with Crippen LogP contribution in [0.3, 0.4) is 0 Å². The van der Waals surface area contributed by atoms with Crippen LogP contribution in [0.15, 0.2) is 21.0 Å². The van der Waals surface area contributed by atoms with E-state index in [-0.39, 0.29) is 19.1 Å². The molecule has 1 heterocycles. The van der Waals surface area contributed by atoms with Crippen LogP contribution in [0.25, 0.3) is 11.0 Å². The second-order valence-electron chi connectivity index (χ2n) is 6.45. The Morgan fingerprint density at radius 2 is 1.52 bits per heavy atom. The van der Waals surface area contributed by atoms with Gasteiger partial charge in [-0.25, -0.2) is 0 Å². The molecule has 1 aromatic carbocycles. The summed E-state index contributed by atoms with van der Waals surface area (Å²) in [6.45, 7) is 3.82. The molecule has 0 N–H and O–H groups in total. The van der Waals surface area contributed by atoms with Gasteiger partial charge >= 0.3 is 0 Å². The van der Waals surface area contributed by atoms with Crippen LogP contribution in [0.5, 0.6) is 0 Å². The summed E-state index contributed by atoms with van der Waals surface area (Å²) in [5.41, 5.74) is 2.64. The molecule has 27 heavy (non-hydrogen) atoms. The van der Waals surface area contributed by atoms with Crippen LogP contribution in [-0.2, 0) is 28.6 Å². The molecule has 1 aromatic heterocycles. The van der Waals surface area contributed by atoms with Gasteiger partial charge in [-0.1, -0.05) is 6.07 Å². The number of benzene rings is 1. The van der Waals surface area contributed by atoms with Gasteiger partial charge in [0.15, 0.2) is 0 Å². The van der Waals surface area contributed by atoms with Crippen LogP contribution in [0.1, 0.15) is 35.6 Å². The van der Waals surface area contributed by atoms with Gasteiger partial charge in [0.05, 0.1) is 30.2 Å². The number of fused-ring (bicyclic) bond motifs is 1. The lowest BCUT2D eigenvalue weighted by Gasteiger charge is -2.18. The molecule has 0 unspecified atom stereocenters. The first-order valence-electron chi connectivity index (χ1n) is 8.26. The maximum absolute atomic E-state index is 11.3. The third-order valence-electron chi connectivity index (χ3n) is 4.27. The van der Waals surface area contributed by atoms with Gasteiger partial charge in [-0.2, -0.15) is 16.8 Å². The summed E-state index contributed by atoms with van der Waals surface area (Å²) in [7, 11) is -7.10. The Bertz CT molecular complexity index is 985. The average Bonchev–Trinajstić information content (AvgIpc) is 2.81. The van der Waals surface area contributed by atoms with Crippen LogP contribution < -0.4 is 0 Å².